The van der Waals surface area contributed by atoms with Crippen LogP contribution in [0.5, 0.6) is 5.88 Å². The quantitative estimate of drug-likeness (QED) is 0.563. The number of hydrogen-bond donors (Lipinski definition) is 1. The normalized spacial score (nSPS) is 11.3. The van der Waals surface area contributed by atoms with E-state index in [9.17, 15) is 9.90 Å². The summed E-state index contributed by atoms with van der Waals surface area (Å²) in [5.41, 5.74) is 2.80. The second kappa shape index (κ2) is 6.26. The Bertz CT molecular complexity index is 1120. The van der Waals surface area contributed by atoms with Crippen LogP contribution in [0.3, 0.4) is 0 Å². The van der Waals surface area contributed by atoms with E-state index in [2.05, 4.69) is 0 Å². The third-order valence-electron chi connectivity index (χ3n) is 4.67. The van der Waals surface area contributed by atoms with Gasteiger partial charge in [-0.05, 0) is 43.0 Å². The van der Waals surface area contributed by atoms with Crippen molar-refractivity contribution >= 4 is 27.6 Å². The molecule has 2 aromatic carbocycles. The van der Waals surface area contributed by atoms with E-state index in [0.29, 0.717) is 6.61 Å². The van der Waals surface area contributed by atoms with Gasteiger partial charge in [0.2, 0.25) is 5.88 Å². The third-order valence-corrected chi connectivity index (χ3v) is 4.67. The zero-order valence-corrected chi connectivity index (χ0v) is 14.8. The number of carbonyl (C=O) groups is 1. The van der Waals surface area contributed by atoms with Crippen LogP contribution in [0, 0.1) is 6.92 Å². The van der Waals surface area contributed by atoms with Crippen LogP contribution in [0.15, 0.2) is 54.9 Å². The van der Waals surface area contributed by atoms with E-state index in [1.165, 1.54) is 0 Å². The molecule has 5 heteroatoms. The van der Waals surface area contributed by atoms with Gasteiger partial charge in [0.1, 0.15) is 6.54 Å². The maximum atomic E-state index is 11.8. The first-order chi connectivity index (χ1) is 12.6. The number of aryl methyl sites for hydroxylation is 1. The van der Waals surface area contributed by atoms with Gasteiger partial charge in [0, 0.05) is 23.2 Å². The molecule has 26 heavy (non-hydrogen) atoms. The number of aromatic hydroxyl groups is 1. The summed E-state index contributed by atoms with van der Waals surface area (Å²) in [5, 5.41) is 13.6. The van der Waals surface area contributed by atoms with Crippen LogP contribution in [0.1, 0.15) is 12.5 Å². The first-order valence-corrected chi connectivity index (χ1v) is 8.63. The van der Waals surface area contributed by atoms with Crippen LogP contribution in [0.2, 0.25) is 0 Å². The maximum Gasteiger partial charge on any atom is 0.325 e. The van der Waals surface area contributed by atoms with E-state index in [0.717, 1.165) is 32.9 Å². The Morgan fingerprint density at radius 1 is 1.15 bits per heavy atom. The average Bonchev–Trinajstić information content (AvgIpc) is 3.17. The Kier molecular flexibility index (Phi) is 3.92. The molecule has 4 aromatic rings. The molecule has 4 rings (SSSR count). The van der Waals surface area contributed by atoms with E-state index in [1.807, 2.05) is 66.3 Å². The van der Waals surface area contributed by atoms with Crippen molar-refractivity contribution in [1.29, 1.82) is 0 Å². The SMILES string of the molecule is CCOC(=O)Cn1ccc2ccc(-n3cc4cccc(C)c4c3O)cc21. The Hall–Kier alpha value is -3.21. The number of carbonyl (C=O) groups excluding carboxylic acids is 1. The van der Waals surface area contributed by atoms with Crippen molar-refractivity contribution in [3.8, 4) is 11.6 Å². The number of rotatable bonds is 4. The predicted octanol–water partition coefficient (Wildman–Crippen LogP) is 4.16. The lowest BCUT2D eigenvalue weighted by Crippen LogP contribution is -2.12. The number of nitrogens with zero attached hydrogens (tertiary/aromatic N) is 2. The molecule has 0 aliphatic rings. The van der Waals surface area contributed by atoms with Gasteiger partial charge in [-0.1, -0.05) is 24.3 Å². The van der Waals surface area contributed by atoms with Crippen LogP contribution >= 0.6 is 0 Å². The summed E-state index contributed by atoms with van der Waals surface area (Å²) in [6.45, 7) is 4.32. The van der Waals surface area contributed by atoms with Gasteiger partial charge in [0.05, 0.1) is 17.8 Å². The topological polar surface area (TPSA) is 56.4 Å². The van der Waals surface area contributed by atoms with Crippen LogP contribution in [-0.2, 0) is 16.1 Å². The van der Waals surface area contributed by atoms with Crippen molar-refractivity contribution in [1.82, 2.24) is 9.13 Å². The van der Waals surface area contributed by atoms with E-state index >= 15 is 0 Å². The number of fused-ring (bicyclic) bond motifs is 2. The zero-order chi connectivity index (χ0) is 18.3. The van der Waals surface area contributed by atoms with Crippen LogP contribution < -0.4 is 0 Å². The van der Waals surface area contributed by atoms with E-state index in [4.69, 9.17) is 4.74 Å². The molecule has 1 N–H and O–H groups in total. The first-order valence-electron chi connectivity index (χ1n) is 8.63. The molecule has 0 aliphatic carbocycles. The lowest BCUT2D eigenvalue weighted by atomic mass is 10.1. The Morgan fingerprint density at radius 2 is 2.00 bits per heavy atom. The Labute approximate surface area is 151 Å². The second-order valence-corrected chi connectivity index (χ2v) is 6.35. The van der Waals surface area contributed by atoms with Crippen molar-refractivity contribution < 1.29 is 14.6 Å². The van der Waals surface area contributed by atoms with E-state index in [1.54, 1.807) is 11.5 Å². The van der Waals surface area contributed by atoms with Gasteiger partial charge in [0.15, 0.2) is 0 Å². The molecule has 0 saturated carbocycles. The lowest BCUT2D eigenvalue weighted by Gasteiger charge is -2.08. The summed E-state index contributed by atoms with van der Waals surface area (Å²) in [7, 11) is 0. The summed E-state index contributed by atoms with van der Waals surface area (Å²) < 4.78 is 8.69. The number of hydrogen-bond acceptors (Lipinski definition) is 3. The average molecular weight is 348 g/mol. The van der Waals surface area contributed by atoms with E-state index < -0.39 is 0 Å². The van der Waals surface area contributed by atoms with Gasteiger partial charge in [-0.25, -0.2) is 0 Å². The zero-order valence-electron chi connectivity index (χ0n) is 14.8. The fourth-order valence-corrected chi connectivity index (χ4v) is 3.43. The molecule has 2 aromatic heterocycles. The fraction of sp³-hybridized carbons (Fsp3) is 0.190. The largest absolute Gasteiger partial charge is 0.494 e. The molecule has 0 saturated heterocycles. The molecule has 0 unspecified atom stereocenters. The van der Waals surface area contributed by atoms with Gasteiger partial charge in [-0.3, -0.25) is 9.36 Å². The Balaban J connectivity index is 1.82. The summed E-state index contributed by atoms with van der Waals surface area (Å²) in [6, 6.07) is 13.8. The van der Waals surface area contributed by atoms with Crippen LogP contribution in [0.4, 0.5) is 0 Å². The Morgan fingerprint density at radius 3 is 2.77 bits per heavy atom. The van der Waals surface area contributed by atoms with E-state index in [-0.39, 0.29) is 18.4 Å². The van der Waals surface area contributed by atoms with Crippen molar-refractivity contribution in [3.63, 3.8) is 0 Å². The summed E-state index contributed by atoms with van der Waals surface area (Å²) >= 11 is 0. The molecule has 0 radical (unpaired) electrons. The third kappa shape index (κ3) is 2.62. The summed E-state index contributed by atoms with van der Waals surface area (Å²) in [5.74, 6) is -0.0403. The highest BCUT2D eigenvalue weighted by molar-refractivity contribution is 5.92. The summed E-state index contributed by atoms with van der Waals surface area (Å²) in [4.78, 5) is 11.8. The molecule has 2 heterocycles. The smallest absolute Gasteiger partial charge is 0.325 e. The molecule has 5 nitrogen and oxygen atoms in total. The monoisotopic (exact) mass is 348 g/mol. The lowest BCUT2D eigenvalue weighted by molar-refractivity contribution is -0.143. The van der Waals surface area contributed by atoms with Gasteiger partial charge in [-0.2, -0.15) is 0 Å². The molecule has 132 valence electrons. The van der Waals surface area contributed by atoms with Crippen molar-refractivity contribution in [2.24, 2.45) is 0 Å². The second-order valence-electron chi connectivity index (χ2n) is 6.35. The molecule has 0 aliphatic heterocycles. The van der Waals surface area contributed by atoms with Crippen molar-refractivity contribution in [3.05, 3.63) is 60.4 Å². The van der Waals surface area contributed by atoms with Crippen LogP contribution in [-0.4, -0.2) is 26.8 Å². The van der Waals surface area contributed by atoms with Gasteiger partial charge < -0.3 is 14.4 Å². The van der Waals surface area contributed by atoms with Gasteiger partial charge >= 0.3 is 5.97 Å². The van der Waals surface area contributed by atoms with Gasteiger partial charge in [-0.15, -0.1) is 0 Å². The highest BCUT2D eigenvalue weighted by atomic mass is 16.5. The number of esters is 1. The molecule has 0 bridgehead atoms. The molecule has 0 fully saturated rings. The minimum atomic E-state index is -0.263. The number of aromatic nitrogens is 2. The fourth-order valence-electron chi connectivity index (χ4n) is 3.43. The number of ether oxygens (including phenoxy) is 1. The van der Waals surface area contributed by atoms with Crippen molar-refractivity contribution in [2.45, 2.75) is 20.4 Å². The minimum Gasteiger partial charge on any atom is -0.494 e. The van der Waals surface area contributed by atoms with Crippen LogP contribution in [0.25, 0.3) is 27.4 Å². The predicted molar refractivity (Wildman–Crippen MR) is 102 cm³/mol. The summed E-state index contributed by atoms with van der Waals surface area (Å²) in [6.07, 6.45) is 3.80. The molecule has 0 spiro atoms. The minimum absolute atomic E-state index is 0.166. The van der Waals surface area contributed by atoms with Crippen molar-refractivity contribution in [2.75, 3.05) is 6.61 Å². The first kappa shape index (κ1) is 16.3. The molecule has 0 atom stereocenters. The highest BCUT2D eigenvalue weighted by Gasteiger charge is 2.13. The standard InChI is InChI=1S/C21H20N2O3/c1-3-26-19(24)13-22-10-9-15-7-8-17(11-18(15)22)23-12-16-6-4-5-14(2)20(16)21(23)25/h4-12,25H,3,13H2,1-2H3. The molecular weight excluding hydrogens is 328 g/mol. The molecular formula is C21H20N2O3. The highest BCUT2D eigenvalue weighted by Crippen LogP contribution is 2.33. The van der Waals surface area contributed by atoms with Gasteiger partial charge in [0.25, 0.3) is 0 Å². The maximum absolute atomic E-state index is 11.8. The molecule has 0 amide bonds. The number of benzene rings is 2.